The predicted octanol–water partition coefficient (Wildman–Crippen LogP) is 1.18. The van der Waals surface area contributed by atoms with E-state index >= 15 is 0 Å². The second-order valence-electron chi connectivity index (χ2n) is 5.73. The third-order valence-electron chi connectivity index (χ3n) is 2.65. The summed E-state index contributed by atoms with van der Waals surface area (Å²) in [5.41, 5.74) is 6.71. The van der Waals surface area contributed by atoms with Crippen LogP contribution in [-0.2, 0) is 6.54 Å². The van der Waals surface area contributed by atoms with E-state index in [-0.39, 0.29) is 11.2 Å². The van der Waals surface area contributed by atoms with Gasteiger partial charge < -0.3 is 15.6 Å². The Morgan fingerprint density at radius 2 is 2.11 bits per heavy atom. The van der Waals surface area contributed by atoms with Crippen molar-refractivity contribution < 1.29 is 4.39 Å². The lowest BCUT2D eigenvalue weighted by Crippen LogP contribution is -2.29. The molecule has 0 spiro atoms. The van der Waals surface area contributed by atoms with Crippen LogP contribution in [0.5, 0.6) is 0 Å². The summed E-state index contributed by atoms with van der Waals surface area (Å²) in [5, 5.41) is 3.34. The van der Waals surface area contributed by atoms with Crippen LogP contribution < -0.4 is 11.1 Å². The Labute approximate surface area is 111 Å². The molecule has 19 heavy (non-hydrogen) atoms. The van der Waals surface area contributed by atoms with Crippen LogP contribution in [-0.4, -0.2) is 32.6 Å². The van der Waals surface area contributed by atoms with Crippen molar-refractivity contribution in [1.29, 1.82) is 0 Å². The van der Waals surface area contributed by atoms with Crippen LogP contribution in [0.25, 0.3) is 11.2 Å². The van der Waals surface area contributed by atoms with Crippen molar-refractivity contribution in [1.82, 2.24) is 24.8 Å². The summed E-state index contributed by atoms with van der Waals surface area (Å²) >= 11 is 0. The Morgan fingerprint density at radius 1 is 1.37 bits per heavy atom. The van der Waals surface area contributed by atoms with Crippen molar-refractivity contribution in [3.8, 4) is 0 Å². The van der Waals surface area contributed by atoms with Gasteiger partial charge in [-0.1, -0.05) is 20.8 Å². The molecule has 0 aromatic carbocycles. The van der Waals surface area contributed by atoms with Crippen LogP contribution in [0.4, 0.5) is 10.2 Å². The highest BCUT2D eigenvalue weighted by atomic mass is 19.1. The number of nitrogen functional groups attached to an aromatic ring is 1. The van der Waals surface area contributed by atoms with Crippen LogP contribution in [0, 0.1) is 11.5 Å². The van der Waals surface area contributed by atoms with Crippen LogP contribution in [0.1, 0.15) is 20.8 Å². The zero-order chi connectivity index (χ0) is 14.0. The fraction of sp³-hybridized carbons (Fsp3) is 0.583. The van der Waals surface area contributed by atoms with Gasteiger partial charge in [-0.25, -0.2) is 4.98 Å². The number of halogens is 1. The Kier molecular flexibility index (Phi) is 3.66. The molecule has 0 fully saturated rings. The number of nitrogens with one attached hydrogen (secondary N) is 1. The van der Waals surface area contributed by atoms with E-state index in [9.17, 15) is 4.39 Å². The third kappa shape index (κ3) is 3.37. The Bertz CT molecular complexity index is 571. The molecular weight excluding hydrogens is 247 g/mol. The van der Waals surface area contributed by atoms with Gasteiger partial charge in [0.25, 0.3) is 0 Å². The quantitative estimate of drug-likeness (QED) is 0.641. The van der Waals surface area contributed by atoms with Gasteiger partial charge in [0.05, 0.1) is 6.33 Å². The number of anilines is 1. The summed E-state index contributed by atoms with van der Waals surface area (Å²) in [6.45, 7) is 8.81. The molecule has 0 saturated carbocycles. The van der Waals surface area contributed by atoms with Gasteiger partial charge in [-0.05, 0) is 5.41 Å². The Hall–Kier alpha value is -1.76. The number of imidazole rings is 1. The van der Waals surface area contributed by atoms with E-state index in [2.05, 4.69) is 41.0 Å². The standard InChI is InChI=1S/C12H19FN6/c1-12(2,3)6-15-4-5-19-7-16-8-9(14)17-11(13)18-10(8)19/h7,15H,4-6H2,1-3H3,(H2,14,17,18). The zero-order valence-corrected chi connectivity index (χ0v) is 11.4. The molecule has 2 aromatic heterocycles. The maximum atomic E-state index is 13.1. The third-order valence-corrected chi connectivity index (χ3v) is 2.65. The summed E-state index contributed by atoms with van der Waals surface area (Å²) < 4.78 is 14.9. The molecule has 0 aliphatic heterocycles. The van der Waals surface area contributed by atoms with E-state index in [1.807, 2.05) is 0 Å². The number of hydrogen-bond donors (Lipinski definition) is 2. The lowest BCUT2D eigenvalue weighted by Gasteiger charge is -2.18. The van der Waals surface area contributed by atoms with Gasteiger partial charge in [-0.2, -0.15) is 14.4 Å². The number of hydrogen-bond acceptors (Lipinski definition) is 5. The smallest absolute Gasteiger partial charge is 0.312 e. The fourth-order valence-electron chi connectivity index (χ4n) is 1.77. The highest BCUT2D eigenvalue weighted by molar-refractivity contribution is 5.81. The summed E-state index contributed by atoms with van der Waals surface area (Å²) in [6.07, 6.45) is 0.780. The van der Waals surface area contributed by atoms with Crippen LogP contribution in [0.15, 0.2) is 6.33 Å². The minimum Gasteiger partial charge on any atom is -0.382 e. The van der Waals surface area contributed by atoms with Gasteiger partial charge in [0.15, 0.2) is 11.5 Å². The number of aromatic nitrogens is 4. The van der Waals surface area contributed by atoms with Crippen molar-refractivity contribution in [2.75, 3.05) is 18.8 Å². The molecule has 2 rings (SSSR count). The van der Waals surface area contributed by atoms with Crippen LogP contribution in [0.3, 0.4) is 0 Å². The van der Waals surface area contributed by atoms with E-state index < -0.39 is 6.08 Å². The van der Waals surface area contributed by atoms with E-state index in [4.69, 9.17) is 5.73 Å². The zero-order valence-electron chi connectivity index (χ0n) is 11.4. The van der Waals surface area contributed by atoms with Crippen molar-refractivity contribution in [2.45, 2.75) is 27.3 Å². The molecule has 0 atom stereocenters. The topological polar surface area (TPSA) is 81.7 Å². The molecule has 2 aromatic rings. The summed E-state index contributed by atoms with van der Waals surface area (Å²) in [5.74, 6) is 0.0731. The minimum atomic E-state index is -0.825. The maximum Gasteiger partial charge on any atom is 0.312 e. The molecule has 6 nitrogen and oxygen atoms in total. The first kappa shape index (κ1) is 13.7. The monoisotopic (exact) mass is 266 g/mol. The van der Waals surface area contributed by atoms with Crippen molar-refractivity contribution in [2.24, 2.45) is 5.41 Å². The van der Waals surface area contributed by atoms with E-state index in [0.717, 1.165) is 13.1 Å². The summed E-state index contributed by atoms with van der Waals surface area (Å²) in [4.78, 5) is 11.3. The van der Waals surface area contributed by atoms with Crippen molar-refractivity contribution in [3.63, 3.8) is 0 Å². The van der Waals surface area contributed by atoms with Gasteiger partial charge in [0.2, 0.25) is 0 Å². The molecule has 2 heterocycles. The van der Waals surface area contributed by atoms with E-state index in [1.54, 1.807) is 10.9 Å². The van der Waals surface area contributed by atoms with Gasteiger partial charge in [0.1, 0.15) is 5.52 Å². The largest absolute Gasteiger partial charge is 0.382 e. The first-order valence-electron chi connectivity index (χ1n) is 6.21. The second kappa shape index (κ2) is 5.08. The molecule has 0 bridgehead atoms. The summed E-state index contributed by atoms with van der Waals surface area (Å²) in [6, 6.07) is 0. The van der Waals surface area contributed by atoms with Gasteiger partial charge in [0, 0.05) is 19.6 Å². The van der Waals surface area contributed by atoms with E-state index in [0.29, 0.717) is 17.7 Å². The SMILES string of the molecule is CC(C)(C)CNCCn1cnc2c(N)nc(F)nc21. The van der Waals surface area contributed by atoms with Crippen LogP contribution >= 0.6 is 0 Å². The number of fused-ring (bicyclic) bond motifs is 1. The Morgan fingerprint density at radius 3 is 2.79 bits per heavy atom. The van der Waals surface area contributed by atoms with Gasteiger partial charge >= 0.3 is 6.08 Å². The molecule has 0 aliphatic rings. The molecule has 104 valence electrons. The molecule has 3 N–H and O–H groups in total. The molecule has 0 aliphatic carbocycles. The number of rotatable bonds is 4. The van der Waals surface area contributed by atoms with Gasteiger partial charge in [-0.15, -0.1) is 0 Å². The second-order valence-corrected chi connectivity index (χ2v) is 5.73. The molecule has 0 unspecified atom stereocenters. The number of nitrogens with zero attached hydrogens (tertiary/aromatic N) is 4. The fourth-order valence-corrected chi connectivity index (χ4v) is 1.77. The normalized spacial score (nSPS) is 12.2. The molecular formula is C12H19FN6. The minimum absolute atomic E-state index is 0.0731. The molecule has 0 amide bonds. The summed E-state index contributed by atoms with van der Waals surface area (Å²) in [7, 11) is 0. The Balaban J connectivity index is 2.05. The highest BCUT2D eigenvalue weighted by Crippen LogP contribution is 2.15. The average molecular weight is 266 g/mol. The highest BCUT2D eigenvalue weighted by Gasteiger charge is 2.12. The predicted molar refractivity (Wildman–Crippen MR) is 72.0 cm³/mol. The molecule has 7 heteroatoms. The van der Waals surface area contributed by atoms with Gasteiger partial charge in [-0.3, -0.25) is 0 Å². The van der Waals surface area contributed by atoms with Crippen molar-refractivity contribution in [3.05, 3.63) is 12.4 Å². The first-order valence-corrected chi connectivity index (χ1v) is 6.21. The average Bonchev–Trinajstić information content (AvgIpc) is 2.66. The lowest BCUT2D eigenvalue weighted by atomic mass is 9.97. The molecule has 0 radical (unpaired) electrons. The maximum absolute atomic E-state index is 13.1. The van der Waals surface area contributed by atoms with Crippen molar-refractivity contribution >= 4 is 17.0 Å². The molecule has 0 saturated heterocycles. The first-order chi connectivity index (χ1) is 8.87. The van der Waals surface area contributed by atoms with Crippen LogP contribution in [0.2, 0.25) is 0 Å². The number of nitrogens with two attached hydrogens (primary N) is 1. The van der Waals surface area contributed by atoms with E-state index in [1.165, 1.54) is 0 Å². The lowest BCUT2D eigenvalue weighted by molar-refractivity contribution is 0.376.